The highest BCUT2D eigenvalue weighted by molar-refractivity contribution is 6.81. The summed E-state index contributed by atoms with van der Waals surface area (Å²) in [6, 6.07) is 0. The summed E-state index contributed by atoms with van der Waals surface area (Å²) in [5, 5.41) is 8.39. The normalized spacial score (nSPS) is 12.4. The van der Waals surface area contributed by atoms with Gasteiger partial charge in [0.15, 0.2) is 8.24 Å². The lowest BCUT2D eigenvalue weighted by Crippen LogP contribution is -2.56. The van der Waals surface area contributed by atoms with E-state index in [1.165, 1.54) is 5.71 Å². The SMILES string of the molecule is CCC(CC)=NN[Si](C(C)C)(C(C)C)C(C)C. The molecule has 0 aliphatic carbocycles. The standard InChI is InChI=1S/C14H32N2Si/c1-9-14(10-2)15-16-17(11(3)4,12(5)6)13(7)8/h11-13,16H,9-10H2,1-8H3. The average Bonchev–Trinajstić information content (AvgIpc) is 2.23. The molecule has 0 aromatic heterocycles. The Bertz CT molecular complexity index is 217. The first-order valence-corrected chi connectivity index (χ1v) is 9.38. The van der Waals surface area contributed by atoms with Gasteiger partial charge in [-0.1, -0.05) is 55.4 Å². The average molecular weight is 257 g/mol. The fraction of sp³-hybridized carbons (Fsp3) is 0.929. The Morgan fingerprint density at radius 1 is 0.882 bits per heavy atom. The van der Waals surface area contributed by atoms with Crippen LogP contribution in [0.25, 0.3) is 0 Å². The third kappa shape index (κ3) is 3.83. The summed E-state index contributed by atoms with van der Waals surface area (Å²) in [4.78, 5) is 0. The lowest BCUT2D eigenvalue weighted by atomic mass is 10.2. The summed E-state index contributed by atoms with van der Waals surface area (Å²) in [5.74, 6) is 0. The smallest absolute Gasteiger partial charge is 0.181 e. The van der Waals surface area contributed by atoms with Gasteiger partial charge in [-0.15, -0.1) is 0 Å². The van der Waals surface area contributed by atoms with Crippen LogP contribution < -0.4 is 5.09 Å². The largest absolute Gasteiger partial charge is 0.336 e. The number of nitrogens with one attached hydrogen (secondary N) is 1. The molecule has 0 heterocycles. The first-order valence-electron chi connectivity index (χ1n) is 7.15. The van der Waals surface area contributed by atoms with Gasteiger partial charge in [0, 0.05) is 5.71 Å². The van der Waals surface area contributed by atoms with Gasteiger partial charge in [-0.25, -0.2) is 0 Å². The summed E-state index contributed by atoms with van der Waals surface area (Å²) in [6.45, 7) is 18.5. The van der Waals surface area contributed by atoms with E-state index in [9.17, 15) is 0 Å². The van der Waals surface area contributed by atoms with Crippen LogP contribution in [0, 0.1) is 0 Å². The molecule has 0 aliphatic heterocycles. The zero-order valence-electron chi connectivity index (χ0n) is 13.1. The maximum Gasteiger partial charge on any atom is 0.181 e. The number of hydrogen-bond donors (Lipinski definition) is 1. The monoisotopic (exact) mass is 256 g/mol. The van der Waals surface area contributed by atoms with E-state index >= 15 is 0 Å². The predicted octanol–water partition coefficient (Wildman–Crippen LogP) is 4.93. The van der Waals surface area contributed by atoms with Gasteiger partial charge in [0.1, 0.15) is 0 Å². The minimum absolute atomic E-state index is 0.709. The van der Waals surface area contributed by atoms with Crippen LogP contribution in [0.5, 0.6) is 0 Å². The second-order valence-electron chi connectivity index (χ2n) is 5.89. The number of hydrogen-bond acceptors (Lipinski definition) is 2. The number of rotatable bonds is 7. The molecule has 0 spiro atoms. The first kappa shape index (κ1) is 16.7. The highest BCUT2D eigenvalue weighted by Crippen LogP contribution is 2.38. The molecule has 0 fully saturated rings. The molecule has 0 aliphatic rings. The molecule has 0 aromatic rings. The number of hydrazone groups is 1. The van der Waals surface area contributed by atoms with Crippen LogP contribution in [0.2, 0.25) is 16.6 Å². The molecule has 0 unspecified atom stereocenters. The summed E-state index contributed by atoms with van der Waals surface area (Å²) in [5.41, 5.74) is 3.42. The van der Waals surface area contributed by atoms with Crippen molar-refractivity contribution in [3.8, 4) is 0 Å². The Kier molecular flexibility index (Phi) is 7.06. The van der Waals surface area contributed by atoms with Gasteiger partial charge in [-0.3, -0.25) is 0 Å². The quantitative estimate of drug-likeness (QED) is 0.390. The second-order valence-corrected chi connectivity index (χ2v) is 11.4. The number of nitrogens with zero attached hydrogens (tertiary/aromatic N) is 1. The van der Waals surface area contributed by atoms with Crippen molar-refractivity contribution in [3.63, 3.8) is 0 Å². The van der Waals surface area contributed by atoms with Gasteiger partial charge in [0.05, 0.1) is 0 Å². The van der Waals surface area contributed by atoms with E-state index in [0.717, 1.165) is 12.8 Å². The third-order valence-corrected chi connectivity index (χ3v) is 10.3. The molecule has 102 valence electrons. The maximum atomic E-state index is 4.73. The van der Waals surface area contributed by atoms with E-state index < -0.39 is 8.24 Å². The Labute approximate surface area is 109 Å². The zero-order valence-corrected chi connectivity index (χ0v) is 14.1. The van der Waals surface area contributed by atoms with Crippen molar-refractivity contribution >= 4 is 13.9 Å². The summed E-state index contributed by atoms with van der Waals surface area (Å²) in [7, 11) is -1.56. The molecule has 0 bridgehead atoms. The van der Waals surface area contributed by atoms with Gasteiger partial charge < -0.3 is 5.09 Å². The Morgan fingerprint density at radius 2 is 1.24 bits per heavy atom. The van der Waals surface area contributed by atoms with Crippen molar-refractivity contribution in [2.75, 3.05) is 0 Å². The molecule has 0 saturated heterocycles. The van der Waals surface area contributed by atoms with Crippen LogP contribution in [-0.2, 0) is 0 Å². The maximum absolute atomic E-state index is 4.73. The van der Waals surface area contributed by atoms with Crippen molar-refractivity contribution in [1.29, 1.82) is 0 Å². The lowest BCUT2D eigenvalue weighted by Gasteiger charge is -2.42. The molecule has 17 heavy (non-hydrogen) atoms. The summed E-state index contributed by atoms with van der Waals surface area (Å²) < 4.78 is 0. The molecule has 0 amide bonds. The summed E-state index contributed by atoms with van der Waals surface area (Å²) in [6.07, 6.45) is 2.12. The van der Waals surface area contributed by atoms with Crippen LogP contribution in [0.3, 0.4) is 0 Å². The van der Waals surface area contributed by atoms with E-state index in [2.05, 4.69) is 60.5 Å². The fourth-order valence-electron chi connectivity index (χ4n) is 2.97. The van der Waals surface area contributed by atoms with Crippen molar-refractivity contribution in [2.45, 2.75) is 84.9 Å². The molecule has 1 N–H and O–H groups in total. The molecular weight excluding hydrogens is 224 g/mol. The Hall–Kier alpha value is -0.313. The van der Waals surface area contributed by atoms with E-state index in [1.54, 1.807) is 0 Å². The van der Waals surface area contributed by atoms with Crippen molar-refractivity contribution < 1.29 is 0 Å². The van der Waals surface area contributed by atoms with Gasteiger partial charge in [-0.05, 0) is 29.5 Å². The van der Waals surface area contributed by atoms with E-state index in [-0.39, 0.29) is 0 Å². The minimum Gasteiger partial charge on any atom is -0.336 e. The minimum atomic E-state index is -1.56. The van der Waals surface area contributed by atoms with E-state index in [0.29, 0.717) is 16.6 Å². The Balaban J connectivity index is 5.13. The van der Waals surface area contributed by atoms with Gasteiger partial charge >= 0.3 is 0 Å². The van der Waals surface area contributed by atoms with Crippen LogP contribution in [0.1, 0.15) is 68.2 Å². The third-order valence-electron chi connectivity index (χ3n) is 4.09. The topological polar surface area (TPSA) is 24.4 Å². The molecular formula is C14H32N2Si. The van der Waals surface area contributed by atoms with Crippen LogP contribution in [0.4, 0.5) is 0 Å². The summed E-state index contributed by atoms with van der Waals surface area (Å²) >= 11 is 0. The molecule has 0 aromatic carbocycles. The van der Waals surface area contributed by atoms with Crippen molar-refractivity contribution in [1.82, 2.24) is 5.09 Å². The van der Waals surface area contributed by atoms with Crippen LogP contribution in [0.15, 0.2) is 5.10 Å². The fourth-order valence-corrected chi connectivity index (χ4v) is 8.10. The van der Waals surface area contributed by atoms with E-state index in [4.69, 9.17) is 5.10 Å². The lowest BCUT2D eigenvalue weighted by molar-refractivity contribution is 0.745. The Morgan fingerprint density at radius 3 is 1.47 bits per heavy atom. The van der Waals surface area contributed by atoms with Gasteiger partial charge in [0.25, 0.3) is 0 Å². The first-order chi connectivity index (χ1) is 7.82. The highest BCUT2D eigenvalue weighted by Gasteiger charge is 2.43. The van der Waals surface area contributed by atoms with E-state index in [1.807, 2.05) is 0 Å². The van der Waals surface area contributed by atoms with Crippen LogP contribution in [-0.4, -0.2) is 13.9 Å². The van der Waals surface area contributed by atoms with Crippen molar-refractivity contribution in [2.24, 2.45) is 5.10 Å². The van der Waals surface area contributed by atoms with Crippen LogP contribution >= 0.6 is 0 Å². The highest BCUT2D eigenvalue weighted by atomic mass is 28.3. The molecule has 0 rings (SSSR count). The zero-order chi connectivity index (χ0) is 13.6. The molecule has 2 nitrogen and oxygen atoms in total. The predicted molar refractivity (Wildman–Crippen MR) is 82.2 cm³/mol. The molecule has 0 atom stereocenters. The molecule has 3 heteroatoms. The van der Waals surface area contributed by atoms with Crippen molar-refractivity contribution in [3.05, 3.63) is 0 Å². The van der Waals surface area contributed by atoms with Gasteiger partial charge in [0.2, 0.25) is 0 Å². The van der Waals surface area contributed by atoms with Gasteiger partial charge in [-0.2, -0.15) is 5.10 Å². The second kappa shape index (κ2) is 7.19. The molecule has 0 radical (unpaired) electrons. The molecule has 0 saturated carbocycles.